The van der Waals surface area contributed by atoms with Crippen LogP contribution < -0.4 is 19.4 Å². The lowest BCUT2D eigenvalue weighted by Crippen LogP contribution is -2.53. The first-order valence-electron chi connectivity index (χ1n) is 16.4. The zero-order valence-corrected chi connectivity index (χ0v) is 30.2. The fraction of sp³-hybridized carbons (Fsp3) is 0.361. The first-order valence-corrected chi connectivity index (χ1v) is 18.0. The molecule has 2 aromatic heterocycles. The summed E-state index contributed by atoms with van der Waals surface area (Å²) in [5, 5.41) is 0.589. The maximum Gasteiger partial charge on any atom is 0.415 e. The molecule has 1 amide bonds. The Balaban J connectivity index is 0.00000523. The molecule has 2 N–H and O–H groups in total. The second-order valence-electron chi connectivity index (χ2n) is 12.1. The van der Waals surface area contributed by atoms with Crippen molar-refractivity contribution in [2.24, 2.45) is 5.92 Å². The number of benzene rings is 2. The van der Waals surface area contributed by atoms with Gasteiger partial charge >= 0.3 is 18.7 Å². The quantitative estimate of drug-likeness (QED) is 0.125. The molecule has 0 saturated carbocycles. The van der Waals surface area contributed by atoms with E-state index in [9.17, 15) is 18.4 Å². The van der Waals surface area contributed by atoms with Crippen molar-refractivity contribution in [2.45, 2.75) is 51.6 Å². The molecule has 5 heterocycles. The normalized spacial score (nSPS) is 18.3. The lowest BCUT2D eigenvalue weighted by atomic mass is 9.86. The Labute approximate surface area is 312 Å². The van der Waals surface area contributed by atoms with Crippen LogP contribution in [0, 0.1) is 11.7 Å². The lowest BCUT2D eigenvalue weighted by molar-refractivity contribution is -0.377. The third kappa shape index (κ3) is 9.28. The number of piperidine rings is 3. The molecule has 0 radical (unpaired) electrons. The number of amides is 1. The molecule has 278 valence electrons. The summed E-state index contributed by atoms with van der Waals surface area (Å²) in [5.74, 6) is -1.18. The fourth-order valence-electron chi connectivity index (χ4n) is 6.34. The zero-order chi connectivity index (χ0) is 36.1. The highest BCUT2D eigenvalue weighted by atomic mass is 35.5. The maximum absolute atomic E-state index is 15.1. The number of esters is 1. The molecule has 3 fully saturated rings. The molecule has 3 aliphatic heterocycles. The van der Waals surface area contributed by atoms with E-state index in [1.165, 1.54) is 53.7 Å². The summed E-state index contributed by atoms with van der Waals surface area (Å²) in [6.07, 6.45) is 3.02. The molecule has 4 aromatic rings. The number of hydrogen-bond donors (Lipinski definition) is 0. The monoisotopic (exact) mass is 781 g/mol. The molecule has 10 nitrogen and oxygen atoms in total. The van der Waals surface area contributed by atoms with E-state index in [1.807, 2.05) is 0 Å². The molecule has 52 heavy (non-hydrogen) atoms. The van der Waals surface area contributed by atoms with Gasteiger partial charge in [0.2, 0.25) is 0 Å². The van der Waals surface area contributed by atoms with E-state index in [0.717, 1.165) is 37.3 Å². The topological polar surface area (TPSA) is 122 Å². The number of fused-ring (bicyclic) bond motifs is 3. The molecule has 3 aliphatic rings. The van der Waals surface area contributed by atoms with Gasteiger partial charge < -0.3 is 24.4 Å². The number of carbonyl (C=O) groups is 2. The summed E-state index contributed by atoms with van der Waals surface area (Å²) in [6, 6.07) is 13.4. The van der Waals surface area contributed by atoms with Crippen molar-refractivity contribution in [3.05, 3.63) is 104 Å². The minimum absolute atomic E-state index is 0. The van der Waals surface area contributed by atoms with Gasteiger partial charge in [-0.3, -0.25) is 9.80 Å². The first-order chi connectivity index (χ1) is 24.6. The number of halogens is 5. The van der Waals surface area contributed by atoms with Crippen LogP contribution in [-0.2, 0) is 22.4 Å². The molecule has 2 aromatic carbocycles. The van der Waals surface area contributed by atoms with Gasteiger partial charge in [0.25, 0.3) is 0 Å². The van der Waals surface area contributed by atoms with E-state index >= 15 is 4.39 Å². The Morgan fingerprint density at radius 3 is 2.42 bits per heavy atom. The van der Waals surface area contributed by atoms with Crippen molar-refractivity contribution in [1.82, 2.24) is 4.90 Å². The van der Waals surface area contributed by atoms with Gasteiger partial charge in [0.15, 0.2) is 23.9 Å². The predicted octanol–water partition coefficient (Wildman–Crippen LogP) is 8.21. The third-order valence-corrected chi connectivity index (χ3v) is 10.6. The molecule has 0 unspecified atom stereocenters. The number of H-pyrrole nitrogens is 1. The van der Waals surface area contributed by atoms with Gasteiger partial charge in [-0.15, -0.1) is 11.3 Å². The molecular weight excluding hydrogens is 746 g/mol. The number of nitrogens with zero attached hydrogens (tertiary/aromatic N) is 2. The van der Waals surface area contributed by atoms with E-state index in [1.54, 1.807) is 25.1 Å². The maximum atomic E-state index is 15.1. The molecule has 16 heteroatoms. The number of rotatable bonds is 13. The van der Waals surface area contributed by atoms with Gasteiger partial charge in [0, 0.05) is 23.4 Å². The number of anilines is 1. The van der Waals surface area contributed by atoms with Crippen LogP contribution in [0.4, 0.5) is 23.7 Å². The van der Waals surface area contributed by atoms with Crippen molar-refractivity contribution < 1.29 is 52.2 Å². The van der Waals surface area contributed by atoms with E-state index < -0.39 is 30.6 Å². The number of thiophene rings is 1. The van der Waals surface area contributed by atoms with Gasteiger partial charge in [-0.1, -0.05) is 41.4 Å². The summed E-state index contributed by atoms with van der Waals surface area (Å²) in [5.41, 5.74) is 0.945. The Bertz CT molecular complexity index is 1840. The average Bonchev–Trinajstić information content (AvgIpc) is 3.59. The molecule has 3 saturated heterocycles. The van der Waals surface area contributed by atoms with Crippen LogP contribution in [0.3, 0.4) is 0 Å². The average molecular weight is 783 g/mol. The minimum atomic E-state index is -3.08. The highest BCUT2D eigenvalue weighted by Crippen LogP contribution is 2.37. The molecule has 2 atom stereocenters. The number of hydrogen-bond acceptors (Lipinski definition) is 9. The van der Waals surface area contributed by atoms with E-state index in [0.29, 0.717) is 32.6 Å². The molecule has 7 rings (SSSR count). The van der Waals surface area contributed by atoms with Gasteiger partial charge in [0.05, 0.1) is 18.8 Å². The molecule has 0 spiro atoms. The minimum Gasteiger partial charge on any atom is -0.870 e. The summed E-state index contributed by atoms with van der Waals surface area (Å²) < 4.78 is 63.4. The summed E-state index contributed by atoms with van der Waals surface area (Å²) >= 11 is 14.0. The Morgan fingerprint density at radius 2 is 1.77 bits per heavy atom. The number of aromatic amines is 1. The largest absolute Gasteiger partial charge is 0.870 e. The van der Waals surface area contributed by atoms with Crippen LogP contribution in [0.15, 0.2) is 67.0 Å². The van der Waals surface area contributed by atoms with Crippen LogP contribution in [0.5, 0.6) is 11.5 Å². The Morgan fingerprint density at radius 1 is 1.04 bits per heavy atom. The highest BCUT2D eigenvalue weighted by molar-refractivity contribution is 7.14. The second-order valence-corrected chi connectivity index (χ2v) is 14.1. The van der Waals surface area contributed by atoms with Crippen molar-refractivity contribution in [2.75, 3.05) is 31.1 Å². The van der Waals surface area contributed by atoms with Crippen LogP contribution in [0.25, 0.3) is 0 Å². The van der Waals surface area contributed by atoms with Crippen molar-refractivity contribution in [3.63, 3.8) is 0 Å². The van der Waals surface area contributed by atoms with E-state index in [2.05, 4.69) is 14.6 Å². The second kappa shape index (κ2) is 17.6. The predicted molar refractivity (Wildman–Crippen MR) is 187 cm³/mol. The number of nitrogens with one attached hydrogen (secondary N) is 1. The molecule has 0 aliphatic carbocycles. The number of pyridine rings is 1. The third-order valence-electron chi connectivity index (χ3n) is 8.88. The lowest BCUT2D eigenvalue weighted by Gasteiger charge is -2.44. The smallest absolute Gasteiger partial charge is 0.415 e. The number of para-hydroxylation sites is 1. The van der Waals surface area contributed by atoms with Crippen molar-refractivity contribution in [1.29, 1.82) is 0 Å². The summed E-state index contributed by atoms with van der Waals surface area (Å²) in [4.78, 5) is 34.4. The number of ether oxygens (including phenoxy) is 4. The Hall–Kier alpha value is -4.08. The standard InChI is InChI=1S/C36H34Cl2F3N3O6S.H2O/c1-2-47-31-15-22(7-9-29(31)49-35(40)41)30(16-24-25(37)17-42-18-26(24)38)48-34(45)33-10-8-23(51-33)19-44(28-6-4-3-5-27(28)39)36(46)50-32-20-43-13-11-21(32)12-14-43;/h3-10,15,17-18,21,30,32,35H,2,11-14,16,19-20H2,1H3;1H2/t30-,32-;/m0./s1. The van der Waals surface area contributed by atoms with Crippen LogP contribution >= 0.6 is 34.5 Å². The fourth-order valence-corrected chi connectivity index (χ4v) is 7.75. The van der Waals surface area contributed by atoms with Crippen LogP contribution in [-0.4, -0.2) is 61.4 Å². The number of carbonyl (C=O) groups excluding carboxylic acids is 2. The van der Waals surface area contributed by atoms with Gasteiger partial charge in [-0.25, -0.2) is 19.0 Å². The van der Waals surface area contributed by atoms with Gasteiger partial charge in [0.1, 0.15) is 32.9 Å². The van der Waals surface area contributed by atoms with Crippen LogP contribution in [0.1, 0.15) is 51.5 Å². The Kier molecular flexibility index (Phi) is 13.3. The SMILES string of the molecule is CCOc1cc([C@H](Cc2c(Cl)c[nH+]cc2Cl)OC(=O)c2ccc(CN(C(=O)O[C@H]3CN4CCC3CC4)c3ccccc3F)s2)ccc1OC(F)F.[OH-]. The number of aromatic nitrogens is 1. The van der Waals surface area contributed by atoms with Crippen molar-refractivity contribution >= 4 is 52.3 Å². The van der Waals surface area contributed by atoms with Gasteiger partial charge in [-0.05, 0) is 80.7 Å². The molecular formula is C36H36Cl2F3N3O7S. The molecule has 2 bridgehead atoms. The van der Waals surface area contributed by atoms with Gasteiger partial charge in [-0.2, -0.15) is 8.78 Å². The summed E-state index contributed by atoms with van der Waals surface area (Å²) in [7, 11) is 0. The van der Waals surface area contributed by atoms with E-state index in [-0.39, 0.29) is 59.1 Å². The van der Waals surface area contributed by atoms with Crippen LogP contribution in [0.2, 0.25) is 10.0 Å². The first kappa shape index (κ1) is 39.1. The zero-order valence-electron chi connectivity index (χ0n) is 27.9. The highest BCUT2D eigenvalue weighted by Gasteiger charge is 2.38. The van der Waals surface area contributed by atoms with E-state index in [4.69, 9.17) is 37.4 Å². The van der Waals surface area contributed by atoms with Crippen molar-refractivity contribution in [3.8, 4) is 11.5 Å². The number of alkyl halides is 2. The summed E-state index contributed by atoms with van der Waals surface area (Å²) in [6.45, 7) is 1.30.